The first-order valence-corrected chi connectivity index (χ1v) is 17.7. The van der Waals surface area contributed by atoms with Gasteiger partial charge in [0.15, 0.2) is 5.65 Å². The number of ether oxygens (including phenoxy) is 2. The number of anilines is 2. The summed E-state index contributed by atoms with van der Waals surface area (Å²) in [5, 5.41) is 12.9. The fourth-order valence-corrected chi connectivity index (χ4v) is 7.28. The van der Waals surface area contributed by atoms with Gasteiger partial charge in [-0.25, -0.2) is 27.9 Å². The molecule has 1 saturated heterocycles. The van der Waals surface area contributed by atoms with Gasteiger partial charge in [-0.1, -0.05) is 52.8 Å². The lowest BCUT2D eigenvalue weighted by Crippen LogP contribution is -2.64. The third-order valence-electron chi connectivity index (χ3n) is 9.60. The molecular weight excluding hydrogens is 686 g/mol. The number of aromatic nitrogens is 3. The fourth-order valence-electron chi connectivity index (χ4n) is 7.28. The summed E-state index contributed by atoms with van der Waals surface area (Å²) in [7, 11) is 1.55. The van der Waals surface area contributed by atoms with Crippen molar-refractivity contribution in [2.75, 3.05) is 50.2 Å². The molecule has 5 rings (SSSR count). The summed E-state index contributed by atoms with van der Waals surface area (Å²) in [4.78, 5) is 51.5. The number of hydrogen-bond donors (Lipinski definition) is 2. The van der Waals surface area contributed by atoms with Crippen molar-refractivity contribution >= 4 is 34.5 Å². The number of rotatable bonds is 11. The first-order chi connectivity index (χ1) is 25.0. The van der Waals surface area contributed by atoms with Crippen molar-refractivity contribution < 1.29 is 33.0 Å². The molecule has 284 valence electrons. The van der Waals surface area contributed by atoms with Gasteiger partial charge in [-0.15, -0.1) is 0 Å². The van der Waals surface area contributed by atoms with Crippen molar-refractivity contribution in [1.82, 2.24) is 19.4 Å². The Kier molecular flexibility index (Phi) is 11.8. The van der Waals surface area contributed by atoms with Crippen LogP contribution in [0.25, 0.3) is 28.0 Å². The Labute approximate surface area is 307 Å². The van der Waals surface area contributed by atoms with Crippen LogP contribution in [0, 0.1) is 24.0 Å². The average Bonchev–Trinajstić information content (AvgIpc) is 3.07. The highest BCUT2D eigenvalue weighted by Gasteiger charge is 2.44. The lowest BCUT2D eigenvalue weighted by Gasteiger charge is -2.51. The summed E-state index contributed by atoms with van der Waals surface area (Å²) in [6, 6.07) is 9.78. The minimum atomic E-state index is -1.05. The molecule has 1 fully saturated rings. The van der Waals surface area contributed by atoms with E-state index in [0.29, 0.717) is 18.9 Å². The summed E-state index contributed by atoms with van der Waals surface area (Å²) in [5.41, 5.74) is 0.706. The van der Waals surface area contributed by atoms with E-state index in [0.717, 1.165) is 17.2 Å². The summed E-state index contributed by atoms with van der Waals surface area (Å²) < 4.78 is 43.8. The third-order valence-corrected chi connectivity index (χ3v) is 9.60. The van der Waals surface area contributed by atoms with Crippen molar-refractivity contribution in [3.8, 4) is 16.9 Å². The molecular formula is C39H48F2N6O6. The third kappa shape index (κ3) is 8.18. The number of aryl methyl sites for hydroxylation is 1. The number of para-hydroxylation sites is 1. The van der Waals surface area contributed by atoms with E-state index in [9.17, 15) is 19.5 Å². The number of piperazine rings is 1. The molecule has 1 aliphatic heterocycles. The topological polar surface area (TPSA) is 139 Å². The van der Waals surface area contributed by atoms with Gasteiger partial charge in [-0.3, -0.25) is 4.79 Å². The van der Waals surface area contributed by atoms with Crippen LogP contribution in [0.2, 0.25) is 0 Å². The molecule has 53 heavy (non-hydrogen) atoms. The SMILES string of the molecule is COCCOCCC(=O)Nc1ccc(-c2nc3c(cc2F)c(N2CCN(C(=O)O)[C@@H](C(C)(C)C)C2C)nc(=O)n3-c2c(C)cccc2C(C)C)c(F)c1. The molecule has 2 amide bonds. The number of carbonyl (C=O) groups is 2. The summed E-state index contributed by atoms with van der Waals surface area (Å²) in [6.07, 6.45) is -1.01. The fraction of sp³-hybridized carbons (Fsp3) is 0.462. The normalized spacial score (nSPS) is 16.4. The summed E-state index contributed by atoms with van der Waals surface area (Å²) >= 11 is 0. The van der Waals surface area contributed by atoms with Crippen LogP contribution in [0.4, 0.5) is 25.1 Å². The van der Waals surface area contributed by atoms with Gasteiger partial charge in [0.05, 0.1) is 43.4 Å². The standard InChI is InChI=1S/C39H48F2N6O6/c1-22(2)26-11-9-10-23(3)33(26)47-36-28(35(44-37(47)49)45-15-16-46(38(50)51)34(24(45)4)39(5,6)7)21-30(41)32(43-36)27-13-12-25(20-29(27)40)42-31(48)14-17-53-19-18-52-8/h9-13,20-22,24,34H,14-19H2,1-8H3,(H,42,48)(H,50,51)/t24?,34-/m1/s1. The Morgan fingerprint density at radius 2 is 1.77 bits per heavy atom. The van der Waals surface area contributed by atoms with E-state index in [-0.39, 0.29) is 71.7 Å². The average molecular weight is 735 g/mol. The van der Waals surface area contributed by atoms with Crippen LogP contribution in [0.1, 0.15) is 65.0 Å². The molecule has 0 spiro atoms. The molecule has 2 atom stereocenters. The maximum absolute atomic E-state index is 16.4. The van der Waals surface area contributed by atoms with Gasteiger partial charge in [0.25, 0.3) is 0 Å². The zero-order chi connectivity index (χ0) is 38.8. The number of amides is 2. The molecule has 14 heteroatoms. The van der Waals surface area contributed by atoms with Gasteiger partial charge in [0, 0.05) is 37.5 Å². The molecule has 0 aliphatic carbocycles. The highest BCUT2D eigenvalue weighted by atomic mass is 19.1. The molecule has 0 radical (unpaired) electrons. The molecule has 1 unspecified atom stereocenters. The molecule has 12 nitrogen and oxygen atoms in total. The number of benzene rings is 2. The van der Waals surface area contributed by atoms with Gasteiger partial charge >= 0.3 is 11.8 Å². The van der Waals surface area contributed by atoms with Crippen LogP contribution >= 0.6 is 0 Å². The van der Waals surface area contributed by atoms with E-state index in [4.69, 9.17) is 14.5 Å². The molecule has 2 N–H and O–H groups in total. The molecule has 1 aliphatic rings. The smallest absolute Gasteiger partial charge is 0.407 e. The number of carbonyl (C=O) groups excluding carboxylic acids is 1. The van der Waals surface area contributed by atoms with Crippen molar-refractivity contribution in [1.29, 1.82) is 0 Å². The predicted octanol–water partition coefficient (Wildman–Crippen LogP) is 6.75. The number of halogens is 2. The number of pyridine rings is 1. The van der Waals surface area contributed by atoms with Crippen molar-refractivity contribution in [3.63, 3.8) is 0 Å². The minimum Gasteiger partial charge on any atom is -0.465 e. The monoisotopic (exact) mass is 734 g/mol. The Hall–Kier alpha value is -4.95. The van der Waals surface area contributed by atoms with E-state index in [1.165, 1.54) is 27.7 Å². The van der Waals surface area contributed by atoms with E-state index in [1.807, 2.05) is 71.6 Å². The Morgan fingerprint density at radius 3 is 2.42 bits per heavy atom. The summed E-state index contributed by atoms with van der Waals surface area (Å²) in [5.74, 6) is -1.93. The van der Waals surface area contributed by atoms with Crippen LogP contribution in [0.15, 0.2) is 47.3 Å². The number of hydrogen-bond acceptors (Lipinski definition) is 8. The van der Waals surface area contributed by atoms with E-state index in [1.54, 1.807) is 7.11 Å². The zero-order valence-electron chi connectivity index (χ0n) is 31.5. The lowest BCUT2D eigenvalue weighted by atomic mass is 9.80. The van der Waals surface area contributed by atoms with Gasteiger partial charge in [0.2, 0.25) is 5.91 Å². The molecule has 2 aromatic carbocycles. The Morgan fingerprint density at radius 1 is 1.04 bits per heavy atom. The second-order valence-electron chi connectivity index (χ2n) is 14.7. The first-order valence-electron chi connectivity index (χ1n) is 17.7. The number of fused-ring (bicyclic) bond motifs is 1. The Bertz CT molecular complexity index is 2060. The maximum atomic E-state index is 16.4. The van der Waals surface area contributed by atoms with Gasteiger partial charge in [-0.2, -0.15) is 4.98 Å². The molecule has 4 aromatic rings. The first kappa shape index (κ1) is 39.3. The molecule has 0 saturated carbocycles. The second kappa shape index (κ2) is 16.0. The summed E-state index contributed by atoms with van der Waals surface area (Å²) in [6.45, 7) is 14.8. The van der Waals surface area contributed by atoms with Crippen LogP contribution < -0.4 is 15.9 Å². The number of methoxy groups -OCH3 is 1. The lowest BCUT2D eigenvalue weighted by molar-refractivity contribution is -0.117. The highest BCUT2D eigenvalue weighted by Crippen LogP contribution is 2.38. The number of nitrogens with zero attached hydrogens (tertiary/aromatic N) is 5. The second-order valence-corrected chi connectivity index (χ2v) is 14.7. The van der Waals surface area contributed by atoms with E-state index < -0.39 is 40.9 Å². The minimum absolute atomic E-state index is 0.0137. The predicted molar refractivity (Wildman–Crippen MR) is 200 cm³/mol. The van der Waals surface area contributed by atoms with Gasteiger partial charge in [-0.05, 0) is 60.6 Å². The van der Waals surface area contributed by atoms with Crippen LogP contribution in [-0.4, -0.2) is 88.6 Å². The van der Waals surface area contributed by atoms with Crippen molar-refractivity contribution in [2.24, 2.45) is 5.41 Å². The van der Waals surface area contributed by atoms with Crippen molar-refractivity contribution in [2.45, 2.75) is 72.9 Å². The number of carboxylic acid groups (broad SMARTS) is 1. The van der Waals surface area contributed by atoms with Crippen LogP contribution in [0.5, 0.6) is 0 Å². The molecule has 2 aromatic heterocycles. The van der Waals surface area contributed by atoms with Crippen LogP contribution in [0.3, 0.4) is 0 Å². The quantitative estimate of drug-likeness (QED) is 0.160. The molecule has 3 heterocycles. The maximum Gasteiger partial charge on any atom is 0.407 e. The number of nitrogens with one attached hydrogen (secondary N) is 1. The zero-order valence-corrected chi connectivity index (χ0v) is 31.5. The van der Waals surface area contributed by atoms with E-state index >= 15 is 8.78 Å². The van der Waals surface area contributed by atoms with Gasteiger partial charge < -0.3 is 29.7 Å². The van der Waals surface area contributed by atoms with Gasteiger partial charge in [0.1, 0.15) is 23.1 Å². The van der Waals surface area contributed by atoms with E-state index in [2.05, 4.69) is 10.3 Å². The molecule has 0 bridgehead atoms. The Balaban J connectivity index is 1.67. The largest absolute Gasteiger partial charge is 0.465 e. The van der Waals surface area contributed by atoms with Crippen molar-refractivity contribution in [3.05, 3.63) is 75.7 Å². The highest BCUT2D eigenvalue weighted by molar-refractivity contribution is 5.92. The van der Waals surface area contributed by atoms with Crippen LogP contribution in [-0.2, 0) is 14.3 Å².